The minimum atomic E-state index is -1.36. The van der Waals surface area contributed by atoms with Gasteiger partial charge >= 0.3 is 12.0 Å². The Morgan fingerprint density at radius 1 is 1.33 bits per heavy atom. The van der Waals surface area contributed by atoms with E-state index < -0.39 is 30.4 Å². The maximum absolute atomic E-state index is 11.6. The number of ether oxygens (including phenoxy) is 1. The van der Waals surface area contributed by atoms with Crippen LogP contribution in [0.25, 0.3) is 0 Å². The molecule has 114 valence electrons. The lowest BCUT2D eigenvalue weighted by Gasteiger charge is -2.14. The number of rotatable bonds is 7. The summed E-state index contributed by atoms with van der Waals surface area (Å²) in [5.41, 5.74) is 5.65. The van der Waals surface area contributed by atoms with E-state index >= 15 is 0 Å². The second-order valence-corrected chi connectivity index (χ2v) is 4.20. The number of carbonyl (C=O) groups is 3. The molecule has 0 fully saturated rings. The number of primary amides is 1. The normalized spacial score (nSPS) is 11.3. The lowest BCUT2D eigenvalue weighted by molar-refractivity contribution is -0.140. The first kappa shape index (κ1) is 16.3. The van der Waals surface area contributed by atoms with Gasteiger partial charge in [0.25, 0.3) is 0 Å². The third-order valence-corrected chi connectivity index (χ3v) is 2.64. The highest BCUT2D eigenvalue weighted by atomic mass is 16.5. The van der Waals surface area contributed by atoms with Gasteiger partial charge in [-0.25, -0.2) is 9.59 Å². The van der Waals surface area contributed by atoms with Crippen LogP contribution < -0.4 is 21.1 Å². The molecule has 0 radical (unpaired) electrons. The van der Waals surface area contributed by atoms with E-state index in [4.69, 9.17) is 15.6 Å². The summed E-state index contributed by atoms with van der Waals surface area (Å²) in [5.74, 6) is -1.54. The Morgan fingerprint density at radius 3 is 2.57 bits per heavy atom. The SMILES string of the molecule is COc1ccccc1CNC(=O)NC(CC(N)=O)C(=O)O. The van der Waals surface area contributed by atoms with Crippen molar-refractivity contribution in [3.05, 3.63) is 29.8 Å². The molecule has 0 aliphatic rings. The number of urea groups is 1. The fourth-order valence-electron chi connectivity index (χ4n) is 1.64. The van der Waals surface area contributed by atoms with Gasteiger partial charge in [0.1, 0.15) is 11.8 Å². The van der Waals surface area contributed by atoms with Crippen LogP contribution in [0.15, 0.2) is 24.3 Å². The predicted molar refractivity (Wildman–Crippen MR) is 73.6 cm³/mol. The molecule has 0 spiro atoms. The van der Waals surface area contributed by atoms with E-state index in [9.17, 15) is 14.4 Å². The number of carbonyl (C=O) groups excluding carboxylic acids is 2. The molecule has 0 bridgehead atoms. The van der Waals surface area contributed by atoms with Crippen LogP contribution in [0, 0.1) is 0 Å². The minimum Gasteiger partial charge on any atom is -0.496 e. The van der Waals surface area contributed by atoms with Gasteiger partial charge in [-0.3, -0.25) is 4.79 Å². The molecule has 5 N–H and O–H groups in total. The Kier molecular flexibility index (Phi) is 5.99. The monoisotopic (exact) mass is 295 g/mol. The quantitative estimate of drug-likeness (QED) is 0.554. The van der Waals surface area contributed by atoms with Crippen LogP contribution in [-0.2, 0) is 16.1 Å². The number of nitrogens with one attached hydrogen (secondary N) is 2. The number of carboxylic acid groups (broad SMARTS) is 1. The number of carboxylic acids is 1. The summed E-state index contributed by atoms with van der Waals surface area (Å²) in [5, 5.41) is 13.5. The van der Waals surface area contributed by atoms with Crippen LogP contribution in [0.2, 0.25) is 0 Å². The molecule has 0 saturated heterocycles. The van der Waals surface area contributed by atoms with E-state index in [1.807, 2.05) is 0 Å². The van der Waals surface area contributed by atoms with Gasteiger partial charge in [-0.2, -0.15) is 0 Å². The standard InChI is InChI=1S/C13H17N3O5/c1-21-10-5-3-2-4-8(10)7-15-13(20)16-9(12(18)19)6-11(14)17/h2-5,9H,6-7H2,1H3,(H2,14,17)(H,18,19)(H2,15,16,20). The van der Waals surface area contributed by atoms with E-state index in [-0.39, 0.29) is 6.54 Å². The molecule has 1 rings (SSSR count). The molecule has 1 atom stereocenters. The maximum Gasteiger partial charge on any atom is 0.326 e. The largest absolute Gasteiger partial charge is 0.496 e. The number of para-hydroxylation sites is 1. The zero-order valence-corrected chi connectivity index (χ0v) is 11.5. The maximum atomic E-state index is 11.6. The predicted octanol–water partition coefficient (Wildman–Crippen LogP) is -0.177. The summed E-state index contributed by atoms with van der Waals surface area (Å²) in [6.45, 7) is 0.152. The summed E-state index contributed by atoms with van der Waals surface area (Å²) in [6.07, 6.45) is -0.475. The Balaban J connectivity index is 2.56. The first-order valence-corrected chi connectivity index (χ1v) is 6.11. The zero-order chi connectivity index (χ0) is 15.8. The van der Waals surface area contributed by atoms with Gasteiger partial charge in [-0.1, -0.05) is 18.2 Å². The molecule has 0 heterocycles. The summed E-state index contributed by atoms with van der Waals surface area (Å²) in [4.78, 5) is 33.2. The molecule has 3 amide bonds. The van der Waals surface area contributed by atoms with Crippen molar-refractivity contribution in [1.82, 2.24) is 10.6 Å². The molecule has 0 aliphatic heterocycles. The van der Waals surface area contributed by atoms with Crippen molar-refractivity contribution in [2.45, 2.75) is 19.0 Å². The number of nitrogens with two attached hydrogens (primary N) is 1. The molecule has 0 saturated carbocycles. The highest BCUT2D eigenvalue weighted by molar-refractivity contribution is 5.87. The second-order valence-electron chi connectivity index (χ2n) is 4.20. The van der Waals surface area contributed by atoms with Crippen LogP contribution in [0.4, 0.5) is 4.79 Å². The average Bonchev–Trinajstić information content (AvgIpc) is 2.44. The summed E-state index contributed by atoms with van der Waals surface area (Å²) in [7, 11) is 1.51. The molecule has 8 heteroatoms. The second kappa shape index (κ2) is 7.73. The molecule has 21 heavy (non-hydrogen) atoms. The van der Waals surface area contributed by atoms with Gasteiger partial charge in [0, 0.05) is 12.1 Å². The number of aliphatic carboxylic acids is 1. The lowest BCUT2D eigenvalue weighted by atomic mass is 10.2. The highest BCUT2D eigenvalue weighted by Gasteiger charge is 2.21. The minimum absolute atomic E-state index is 0.152. The van der Waals surface area contributed by atoms with Crippen molar-refractivity contribution in [3.63, 3.8) is 0 Å². The van der Waals surface area contributed by atoms with Crippen LogP contribution in [0.1, 0.15) is 12.0 Å². The smallest absolute Gasteiger partial charge is 0.326 e. The molecular weight excluding hydrogens is 278 g/mol. The Bertz CT molecular complexity index is 532. The van der Waals surface area contributed by atoms with E-state index in [1.54, 1.807) is 24.3 Å². The molecular formula is C13H17N3O5. The molecule has 0 aliphatic carbocycles. The summed E-state index contributed by atoms with van der Waals surface area (Å²) < 4.78 is 5.12. The van der Waals surface area contributed by atoms with Crippen molar-refractivity contribution in [2.75, 3.05) is 7.11 Å². The van der Waals surface area contributed by atoms with Crippen molar-refractivity contribution in [3.8, 4) is 5.75 Å². The van der Waals surface area contributed by atoms with Crippen molar-refractivity contribution in [1.29, 1.82) is 0 Å². The van der Waals surface area contributed by atoms with Gasteiger partial charge in [-0.15, -0.1) is 0 Å². The van der Waals surface area contributed by atoms with E-state index in [0.717, 1.165) is 5.56 Å². The Labute approximate surface area is 121 Å². The van der Waals surface area contributed by atoms with E-state index in [1.165, 1.54) is 7.11 Å². The van der Waals surface area contributed by atoms with Crippen LogP contribution >= 0.6 is 0 Å². The molecule has 1 aromatic rings. The number of hydrogen-bond donors (Lipinski definition) is 4. The van der Waals surface area contributed by atoms with Crippen molar-refractivity contribution >= 4 is 17.9 Å². The first-order valence-electron chi connectivity index (χ1n) is 6.11. The van der Waals surface area contributed by atoms with Crippen molar-refractivity contribution < 1.29 is 24.2 Å². The Hall–Kier alpha value is -2.77. The lowest BCUT2D eigenvalue weighted by Crippen LogP contribution is -2.47. The molecule has 1 aromatic carbocycles. The van der Waals surface area contributed by atoms with Gasteiger partial charge in [0.15, 0.2) is 0 Å². The number of methoxy groups -OCH3 is 1. The average molecular weight is 295 g/mol. The van der Waals surface area contributed by atoms with Gasteiger partial charge < -0.3 is 26.2 Å². The third-order valence-electron chi connectivity index (χ3n) is 2.64. The number of hydrogen-bond acceptors (Lipinski definition) is 4. The van der Waals surface area contributed by atoms with Crippen LogP contribution in [0.3, 0.4) is 0 Å². The molecule has 1 unspecified atom stereocenters. The van der Waals surface area contributed by atoms with E-state index in [2.05, 4.69) is 10.6 Å². The van der Waals surface area contributed by atoms with Gasteiger partial charge in [0.2, 0.25) is 5.91 Å². The van der Waals surface area contributed by atoms with Gasteiger partial charge in [-0.05, 0) is 6.07 Å². The first-order chi connectivity index (χ1) is 9.93. The Morgan fingerprint density at radius 2 is 2.00 bits per heavy atom. The van der Waals surface area contributed by atoms with Crippen molar-refractivity contribution in [2.24, 2.45) is 5.73 Å². The molecule has 0 aromatic heterocycles. The van der Waals surface area contributed by atoms with Crippen LogP contribution in [-0.4, -0.2) is 36.2 Å². The fraction of sp³-hybridized carbons (Fsp3) is 0.308. The summed E-state index contributed by atoms with van der Waals surface area (Å²) in [6, 6.07) is 4.99. The van der Waals surface area contributed by atoms with Gasteiger partial charge in [0.05, 0.1) is 13.5 Å². The third kappa shape index (κ3) is 5.39. The zero-order valence-electron chi connectivity index (χ0n) is 11.5. The number of benzene rings is 1. The molecule has 8 nitrogen and oxygen atoms in total. The van der Waals surface area contributed by atoms with Crippen LogP contribution in [0.5, 0.6) is 5.75 Å². The number of amides is 3. The topological polar surface area (TPSA) is 131 Å². The fourth-order valence-corrected chi connectivity index (χ4v) is 1.64. The highest BCUT2D eigenvalue weighted by Crippen LogP contribution is 2.16. The van der Waals surface area contributed by atoms with E-state index in [0.29, 0.717) is 5.75 Å². The summed E-state index contributed by atoms with van der Waals surface area (Å²) >= 11 is 0.